The number of nitrogens with zero attached hydrogens (tertiary/aromatic N) is 5. The predicted octanol–water partition coefficient (Wildman–Crippen LogP) is 2.23. The molecule has 0 radical (unpaired) electrons. The lowest BCUT2D eigenvalue weighted by Gasteiger charge is -2.35. The van der Waals surface area contributed by atoms with Crippen LogP contribution in [0.2, 0.25) is 0 Å². The minimum atomic E-state index is -1.32. The van der Waals surface area contributed by atoms with Gasteiger partial charge in [-0.25, -0.2) is 9.18 Å². The number of piperazine rings is 1. The molecule has 2 fully saturated rings. The number of aromatic carboxylic acids is 1. The van der Waals surface area contributed by atoms with Crippen molar-refractivity contribution in [3.8, 4) is 12.1 Å². The first-order valence-corrected chi connectivity index (χ1v) is 9.55. The summed E-state index contributed by atoms with van der Waals surface area (Å²) in [4.78, 5) is 27.7. The number of carboxylic acids is 1. The fourth-order valence-electron chi connectivity index (χ4n) is 3.77. The highest BCUT2D eigenvalue weighted by Gasteiger charge is 2.28. The maximum Gasteiger partial charge on any atom is 0.341 e. The first kappa shape index (κ1) is 19.5. The van der Waals surface area contributed by atoms with Gasteiger partial charge in [-0.3, -0.25) is 4.79 Å². The van der Waals surface area contributed by atoms with E-state index < -0.39 is 17.2 Å². The van der Waals surface area contributed by atoms with E-state index in [-0.39, 0.29) is 22.6 Å². The summed E-state index contributed by atoms with van der Waals surface area (Å²) in [5.74, 6) is -1.90. The summed E-state index contributed by atoms with van der Waals surface area (Å²) in [7, 11) is 0. The molecule has 0 bridgehead atoms. The number of carbonyl (C=O) groups is 1. The molecule has 9 heteroatoms. The summed E-state index contributed by atoms with van der Waals surface area (Å²) in [5, 5.41) is 27.2. The molecule has 0 spiro atoms. The van der Waals surface area contributed by atoms with Crippen molar-refractivity contribution in [2.24, 2.45) is 0 Å². The Bertz CT molecular complexity index is 1190. The van der Waals surface area contributed by atoms with Crippen LogP contribution in [0.1, 0.15) is 29.2 Å². The fraction of sp³-hybridized carbons (Fsp3) is 0.333. The number of aromatic nitrogens is 1. The summed E-state index contributed by atoms with van der Waals surface area (Å²) >= 11 is 0. The van der Waals surface area contributed by atoms with Crippen molar-refractivity contribution in [3.05, 3.63) is 51.7 Å². The Morgan fingerprint density at radius 3 is 2.40 bits per heavy atom. The van der Waals surface area contributed by atoms with E-state index in [9.17, 15) is 19.1 Å². The molecule has 2 aromatic rings. The van der Waals surface area contributed by atoms with Crippen LogP contribution in [0.4, 0.5) is 10.1 Å². The SMILES string of the molecule is N#CC(C#N)=CN1CCN(c2cc3c(cc2F)c(=O)c(C(=O)O)cn3C2CC2)CC1. The molecule has 1 saturated carbocycles. The third-order valence-electron chi connectivity index (χ3n) is 5.48. The highest BCUT2D eigenvalue weighted by Crippen LogP contribution is 2.38. The maximum atomic E-state index is 14.9. The Hall–Kier alpha value is -3.85. The molecule has 4 rings (SSSR count). The van der Waals surface area contributed by atoms with Crippen LogP contribution in [0.15, 0.2) is 34.9 Å². The van der Waals surface area contributed by atoms with Crippen LogP contribution < -0.4 is 10.3 Å². The molecule has 8 nitrogen and oxygen atoms in total. The molecule has 1 aliphatic carbocycles. The van der Waals surface area contributed by atoms with Crippen LogP contribution in [-0.4, -0.2) is 46.7 Å². The molecule has 2 heterocycles. The van der Waals surface area contributed by atoms with Gasteiger partial charge in [0.1, 0.15) is 29.1 Å². The van der Waals surface area contributed by atoms with Crippen LogP contribution in [0, 0.1) is 28.5 Å². The van der Waals surface area contributed by atoms with Crippen LogP contribution in [-0.2, 0) is 0 Å². The molecule has 2 aliphatic rings. The standard InChI is InChI=1S/C21H18FN5O3/c22-17-7-15-18(27(14-1-2-14)12-16(20(15)28)21(29)30)8-19(17)26-5-3-25(4-6-26)11-13(9-23)10-24/h7-8,11-12,14H,1-6H2,(H,29,30). The Kier molecular flexibility index (Phi) is 4.88. The molecule has 0 atom stereocenters. The van der Waals surface area contributed by atoms with E-state index in [0.29, 0.717) is 37.4 Å². The number of hydrogen-bond donors (Lipinski definition) is 1. The summed E-state index contributed by atoms with van der Waals surface area (Å²) in [6.45, 7) is 1.98. The van der Waals surface area contributed by atoms with Gasteiger partial charge >= 0.3 is 5.97 Å². The van der Waals surface area contributed by atoms with Crippen LogP contribution in [0.25, 0.3) is 10.9 Å². The number of pyridine rings is 1. The monoisotopic (exact) mass is 407 g/mol. The largest absolute Gasteiger partial charge is 0.477 e. The molecule has 1 aromatic heterocycles. The molecule has 1 N–H and O–H groups in total. The number of fused-ring (bicyclic) bond motifs is 1. The van der Waals surface area contributed by atoms with E-state index in [1.54, 1.807) is 10.6 Å². The van der Waals surface area contributed by atoms with Crippen molar-refractivity contribution in [1.29, 1.82) is 10.5 Å². The van der Waals surface area contributed by atoms with Gasteiger partial charge in [0.05, 0.1) is 11.2 Å². The summed E-state index contributed by atoms with van der Waals surface area (Å²) in [5.41, 5.74) is -0.141. The second kappa shape index (κ2) is 7.53. The minimum absolute atomic E-state index is 0.0167. The van der Waals surface area contributed by atoms with Crippen molar-refractivity contribution in [2.45, 2.75) is 18.9 Å². The third-order valence-corrected chi connectivity index (χ3v) is 5.48. The van der Waals surface area contributed by atoms with E-state index in [1.807, 2.05) is 21.9 Å². The summed E-state index contributed by atoms with van der Waals surface area (Å²) in [6.07, 6.45) is 4.64. The Labute approximate surface area is 171 Å². The Balaban J connectivity index is 1.70. The average Bonchev–Trinajstić information content (AvgIpc) is 3.58. The van der Waals surface area contributed by atoms with E-state index >= 15 is 0 Å². The molecular formula is C21H18FN5O3. The first-order valence-electron chi connectivity index (χ1n) is 9.55. The van der Waals surface area contributed by atoms with Gasteiger partial charge in [0.15, 0.2) is 0 Å². The summed E-state index contributed by atoms with van der Waals surface area (Å²) in [6, 6.07) is 6.51. The van der Waals surface area contributed by atoms with Crippen molar-refractivity contribution in [3.63, 3.8) is 0 Å². The van der Waals surface area contributed by atoms with E-state index in [4.69, 9.17) is 10.5 Å². The van der Waals surface area contributed by atoms with Crippen molar-refractivity contribution < 1.29 is 14.3 Å². The molecule has 0 unspecified atom stereocenters. The second-order valence-corrected chi connectivity index (χ2v) is 7.43. The van der Waals surface area contributed by atoms with Gasteiger partial charge in [-0.1, -0.05) is 0 Å². The first-order chi connectivity index (χ1) is 14.4. The minimum Gasteiger partial charge on any atom is -0.477 e. The van der Waals surface area contributed by atoms with Crippen LogP contribution >= 0.6 is 0 Å². The smallest absolute Gasteiger partial charge is 0.341 e. The number of carboxylic acid groups (broad SMARTS) is 1. The van der Waals surface area contributed by atoms with Gasteiger partial charge in [0.25, 0.3) is 0 Å². The number of halogens is 1. The summed E-state index contributed by atoms with van der Waals surface area (Å²) < 4.78 is 16.7. The lowest BCUT2D eigenvalue weighted by atomic mass is 10.1. The lowest BCUT2D eigenvalue weighted by Crippen LogP contribution is -2.44. The zero-order valence-corrected chi connectivity index (χ0v) is 16.0. The molecule has 30 heavy (non-hydrogen) atoms. The highest BCUT2D eigenvalue weighted by atomic mass is 19.1. The number of nitriles is 2. The van der Waals surface area contributed by atoms with Gasteiger partial charge in [0.2, 0.25) is 5.43 Å². The number of rotatable bonds is 4. The van der Waals surface area contributed by atoms with Crippen LogP contribution in [0.5, 0.6) is 0 Å². The maximum absolute atomic E-state index is 14.9. The normalized spacial score (nSPS) is 16.1. The Morgan fingerprint density at radius 2 is 1.83 bits per heavy atom. The van der Waals surface area contributed by atoms with Crippen molar-refractivity contribution in [1.82, 2.24) is 9.47 Å². The quantitative estimate of drug-likeness (QED) is 0.773. The number of hydrogen-bond acceptors (Lipinski definition) is 6. The molecule has 1 aliphatic heterocycles. The molecule has 1 aromatic carbocycles. The highest BCUT2D eigenvalue weighted by molar-refractivity contribution is 5.93. The Morgan fingerprint density at radius 1 is 1.17 bits per heavy atom. The van der Waals surface area contributed by atoms with E-state index in [0.717, 1.165) is 18.9 Å². The second-order valence-electron chi connectivity index (χ2n) is 7.43. The van der Waals surface area contributed by atoms with Gasteiger partial charge in [0, 0.05) is 50.0 Å². The van der Waals surface area contributed by atoms with Gasteiger partial charge < -0.3 is 19.5 Å². The third kappa shape index (κ3) is 3.46. The zero-order valence-electron chi connectivity index (χ0n) is 16.0. The van der Waals surface area contributed by atoms with Crippen molar-refractivity contribution in [2.75, 3.05) is 31.1 Å². The van der Waals surface area contributed by atoms with Gasteiger partial charge in [-0.05, 0) is 25.0 Å². The predicted molar refractivity (Wildman–Crippen MR) is 106 cm³/mol. The van der Waals surface area contributed by atoms with Gasteiger partial charge in [-0.15, -0.1) is 0 Å². The molecule has 0 amide bonds. The van der Waals surface area contributed by atoms with E-state index in [2.05, 4.69) is 0 Å². The topological polar surface area (TPSA) is 113 Å². The number of benzene rings is 1. The number of anilines is 1. The number of allylic oxidation sites excluding steroid dienone is 1. The van der Waals surface area contributed by atoms with Crippen LogP contribution in [0.3, 0.4) is 0 Å². The molecule has 1 saturated heterocycles. The molecule has 152 valence electrons. The average molecular weight is 407 g/mol. The lowest BCUT2D eigenvalue weighted by molar-refractivity contribution is 0.0695. The van der Waals surface area contributed by atoms with Gasteiger partial charge in [-0.2, -0.15) is 10.5 Å². The molecular weight excluding hydrogens is 389 g/mol. The fourth-order valence-corrected chi connectivity index (χ4v) is 3.77. The van der Waals surface area contributed by atoms with Crippen molar-refractivity contribution >= 4 is 22.6 Å². The zero-order chi connectivity index (χ0) is 21.4. The van der Waals surface area contributed by atoms with E-state index in [1.165, 1.54) is 12.4 Å².